The number of carbonyl (C=O) groups is 2. The zero-order valence-corrected chi connectivity index (χ0v) is 19.2. The Morgan fingerprint density at radius 3 is 2.80 bits per heavy atom. The normalized spacial score (nSPS) is 21.2. The number of hydrogen-bond donors (Lipinski definition) is 1. The van der Waals surface area contributed by atoms with Crippen molar-refractivity contribution >= 4 is 34.6 Å². The van der Waals surface area contributed by atoms with E-state index in [-0.39, 0.29) is 18.6 Å². The summed E-state index contributed by atoms with van der Waals surface area (Å²) >= 11 is 2.03. The molecule has 2 aliphatic heterocycles. The van der Waals surface area contributed by atoms with Crippen molar-refractivity contribution in [3.63, 3.8) is 0 Å². The number of fused-ring (bicyclic) bond motifs is 1. The lowest BCUT2D eigenvalue weighted by molar-refractivity contribution is -0.0599. The molecule has 0 bridgehead atoms. The van der Waals surface area contributed by atoms with Crippen molar-refractivity contribution in [2.75, 3.05) is 13.2 Å². The summed E-state index contributed by atoms with van der Waals surface area (Å²) < 4.78 is 26.0. The summed E-state index contributed by atoms with van der Waals surface area (Å²) in [6.07, 6.45) is 3.65. The van der Waals surface area contributed by atoms with Crippen LogP contribution in [0.1, 0.15) is 55.6 Å². The van der Waals surface area contributed by atoms with Crippen LogP contribution in [0.15, 0.2) is 18.5 Å². The molecule has 4 heterocycles. The Balaban J connectivity index is 1.76. The summed E-state index contributed by atoms with van der Waals surface area (Å²) in [5.41, 5.74) is 1.23. The molecule has 2 unspecified atom stereocenters. The van der Waals surface area contributed by atoms with Gasteiger partial charge in [0.05, 0.1) is 27.1 Å². The van der Waals surface area contributed by atoms with Crippen molar-refractivity contribution in [1.29, 1.82) is 0 Å². The Kier molecular flexibility index (Phi) is 5.60. The van der Waals surface area contributed by atoms with Crippen molar-refractivity contribution in [1.82, 2.24) is 14.9 Å². The third-order valence-corrected chi connectivity index (χ3v) is 6.31. The average Bonchev–Trinajstić information content (AvgIpc) is 2.96. The quantitative estimate of drug-likeness (QED) is 0.596. The predicted octanol–water partition coefficient (Wildman–Crippen LogP) is 4.47. The molecule has 2 amide bonds. The van der Waals surface area contributed by atoms with Gasteiger partial charge in [0.25, 0.3) is 5.91 Å². The van der Waals surface area contributed by atoms with Crippen molar-refractivity contribution in [3.05, 3.63) is 39.1 Å². The molecule has 2 aliphatic rings. The van der Waals surface area contributed by atoms with Crippen LogP contribution in [0.3, 0.4) is 0 Å². The molecule has 0 spiro atoms. The van der Waals surface area contributed by atoms with E-state index in [4.69, 9.17) is 9.47 Å². The number of nitrogens with zero attached hydrogens (tertiary/aromatic N) is 2. The number of amides is 2. The van der Waals surface area contributed by atoms with Crippen LogP contribution in [0.25, 0.3) is 11.3 Å². The smallest absolute Gasteiger partial charge is 0.417 e. The molecule has 1 N–H and O–H groups in total. The lowest BCUT2D eigenvalue weighted by Gasteiger charge is -2.36. The van der Waals surface area contributed by atoms with Crippen LogP contribution in [0.2, 0.25) is 0 Å². The SMILES string of the molecule is CC(C)(C)OC(=O)N1CC(CC2CCO2)c2[nH]c(-c3ccncc3F)c(I)c2C1=O. The van der Waals surface area contributed by atoms with Crippen molar-refractivity contribution in [2.45, 2.75) is 51.2 Å². The van der Waals surface area contributed by atoms with Gasteiger partial charge in [0.15, 0.2) is 5.82 Å². The van der Waals surface area contributed by atoms with Gasteiger partial charge < -0.3 is 14.5 Å². The minimum Gasteiger partial charge on any atom is -0.443 e. The van der Waals surface area contributed by atoms with Crippen LogP contribution < -0.4 is 0 Å². The molecule has 160 valence electrons. The Hall–Kier alpha value is -2.01. The first-order chi connectivity index (χ1) is 14.2. The maximum Gasteiger partial charge on any atom is 0.417 e. The van der Waals surface area contributed by atoms with Crippen LogP contribution in [0.4, 0.5) is 9.18 Å². The third-order valence-electron chi connectivity index (χ3n) is 5.23. The second kappa shape index (κ2) is 7.92. The third kappa shape index (κ3) is 3.96. The molecule has 0 saturated carbocycles. The lowest BCUT2D eigenvalue weighted by Crippen LogP contribution is -2.47. The highest BCUT2D eigenvalue weighted by Crippen LogP contribution is 2.40. The number of hydrogen-bond acceptors (Lipinski definition) is 5. The predicted molar refractivity (Wildman–Crippen MR) is 116 cm³/mol. The van der Waals surface area contributed by atoms with E-state index < -0.39 is 23.4 Å². The molecule has 2 aromatic rings. The molecule has 1 saturated heterocycles. The van der Waals surface area contributed by atoms with E-state index in [1.54, 1.807) is 26.8 Å². The molecule has 7 nitrogen and oxygen atoms in total. The van der Waals surface area contributed by atoms with Gasteiger partial charge >= 0.3 is 6.09 Å². The number of pyridine rings is 1. The minimum atomic E-state index is -0.721. The second-order valence-corrected chi connectivity index (χ2v) is 9.65. The van der Waals surface area contributed by atoms with Gasteiger partial charge in [0.1, 0.15) is 5.60 Å². The van der Waals surface area contributed by atoms with Crippen LogP contribution in [-0.2, 0) is 9.47 Å². The first kappa shape index (κ1) is 21.2. The summed E-state index contributed by atoms with van der Waals surface area (Å²) in [5, 5.41) is 0. The summed E-state index contributed by atoms with van der Waals surface area (Å²) in [7, 11) is 0. The number of nitrogens with one attached hydrogen (secondary N) is 1. The number of aromatic nitrogens is 2. The number of imide groups is 1. The number of H-pyrrole nitrogens is 1. The average molecular weight is 527 g/mol. The maximum atomic E-state index is 14.4. The van der Waals surface area contributed by atoms with Gasteiger partial charge in [0, 0.05) is 36.5 Å². The summed E-state index contributed by atoms with van der Waals surface area (Å²) in [4.78, 5) is 34.3. The van der Waals surface area contributed by atoms with Crippen LogP contribution >= 0.6 is 22.6 Å². The van der Waals surface area contributed by atoms with Gasteiger partial charge in [0.2, 0.25) is 0 Å². The Morgan fingerprint density at radius 2 is 2.20 bits per heavy atom. The van der Waals surface area contributed by atoms with Crippen LogP contribution in [0, 0.1) is 9.39 Å². The monoisotopic (exact) mass is 527 g/mol. The minimum absolute atomic E-state index is 0.0820. The van der Waals surface area contributed by atoms with Crippen molar-refractivity contribution in [3.8, 4) is 11.3 Å². The Morgan fingerprint density at radius 1 is 1.47 bits per heavy atom. The Labute approximate surface area is 187 Å². The molecule has 9 heteroatoms. The van der Waals surface area contributed by atoms with E-state index in [0.29, 0.717) is 39.1 Å². The van der Waals surface area contributed by atoms with Gasteiger partial charge in [-0.2, -0.15) is 0 Å². The number of halogens is 2. The van der Waals surface area contributed by atoms with E-state index in [1.165, 1.54) is 6.20 Å². The fourth-order valence-electron chi connectivity index (χ4n) is 3.76. The molecule has 0 aliphatic carbocycles. The van der Waals surface area contributed by atoms with E-state index in [2.05, 4.69) is 9.97 Å². The Bertz CT molecular complexity index is 997. The van der Waals surface area contributed by atoms with Gasteiger partial charge in [-0.25, -0.2) is 14.1 Å². The zero-order chi connectivity index (χ0) is 21.6. The summed E-state index contributed by atoms with van der Waals surface area (Å²) in [5.74, 6) is -1.07. The van der Waals surface area contributed by atoms with Gasteiger partial charge in [-0.1, -0.05) is 0 Å². The van der Waals surface area contributed by atoms with E-state index in [0.717, 1.165) is 17.5 Å². The molecule has 1 fully saturated rings. The highest BCUT2D eigenvalue weighted by atomic mass is 127. The highest BCUT2D eigenvalue weighted by Gasteiger charge is 2.42. The first-order valence-electron chi connectivity index (χ1n) is 9.83. The highest BCUT2D eigenvalue weighted by molar-refractivity contribution is 14.1. The zero-order valence-electron chi connectivity index (χ0n) is 17.0. The molecular weight excluding hydrogens is 504 g/mol. The lowest BCUT2D eigenvalue weighted by atomic mass is 9.89. The molecule has 30 heavy (non-hydrogen) atoms. The van der Waals surface area contributed by atoms with E-state index in [1.807, 2.05) is 22.6 Å². The number of ether oxygens (including phenoxy) is 2. The molecule has 0 aromatic carbocycles. The second-order valence-electron chi connectivity index (χ2n) is 8.57. The standard InChI is InChI=1S/C21H23FIN3O4/c1-21(2,3)30-20(28)26-10-11(8-12-5-7-29-12)17-15(19(26)27)16(23)18(25-17)13-4-6-24-9-14(13)22/h4,6,9,11-12,25H,5,7-8,10H2,1-3H3. The largest absolute Gasteiger partial charge is 0.443 e. The van der Waals surface area contributed by atoms with Crippen LogP contribution in [-0.4, -0.2) is 51.7 Å². The molecule has 4 rings (SSSR count). The van der Waals surface area contributed by atoms with Crippen molar-refractivity contribution < 1.29 is 23.5 Å². The number of carbonyl (C=O) groups excluding carboxylic acids is 2. The molecule has 2 atom stereocenters. The van der Waals surface area contributed by atoms with Gasteiger partial charge in [-0.3, -0.25) is 9.78 Å². The van der Waals surface area contributed by atoms with Gasteiger partial charge in [-0.05, 0) is 62.3 Å². The van der Waals surface area contributed by atoms with Gasteiger partial charge in [-0.15, -0.1) is 0 Å². The van der Waals surface area contributed by atoms with E-state index in [9.17, 15) is 14.0 Å². The number of rotatable bonds is 3. The summed E-state index contributed by atoms with van der Waals surface area (Å²) in [6.45, 7) is 6.18. The maximum absolute atomic E-state index is 14.4. The first-order valence-corrected chi connectivity index (χ1v) is 10.9. The molecule has 0 radical (unpaired) electrons. The van der Waals surface area contributed by atoms with E-state index >= 15 is 0 Å². The molecular formula is C21H23FIN3O4. The topological polar surface area (TPSA) is 84.5 Å². The van der Waals surface area contributed by atoms with Crippen molar-refractivity contribution in [2.24, 2.45) is 0 Å². The van der Waals surface area contributed by atoms with Crippen LogP contribution in [0.5, 0.6) is 0 Å². The summed E-state index contributed by atoms with van der Waals surface area (Å²) in [6, 6.07) is 1.56. The number of aromatic amines is 1. The fourth-order valence-corrected chi connectivity index (χ4v) is 4.70. The molecule has 2 aromatic heterocycles. The fraction of sp³-hybridized carbons (Fsp3) is 0.476.